The van der Waals surface area contributed by atoms with Crippen molar-refractivity contribution in [3.63, 3.8) is 0 Å². The van der Waals surface area contributed by atoms with Crippen molar-refractivity contribution >= 4 is 17.9 Å². The Morgan fingerprint density at radius 2 is 1.85 bits per heavy atom. The smallest absolute Gasteiger partial charge is 0.245 e. The van der Waals surface area contributed by atoms with E-state index in [2.05, 4.69) is 29.2 Å². The molecule has 0 bridgehead atoms. The van der Waals surface area contributed by atoms with Gasteiger partial charge in [0.05, 0.1) is 0 Å². The molecule has 0 aliphatic carbocycles. The zero-order valence-electron chi connectivity index (χ0n) is 15.6. The molecule has 0 radical (unpaired) electrons. The molecule has 2 aliphatic heterocycles. The third-order valence-electron chi connectivity index (χ3n) is 5.32. The van der Waals surface area contributed by atoms with Gasteiger partial charge in [-0.2, -0.15) is 0 Å². The van der Waals surface area contributed by atoms with Gasteiger partial charge in [-0.15, -0.1) is 0 Å². The van der Waals surface area contributed by atoms with Crippen LogP contribution in [0.15, 0.2) is 36.4 Å². The summed E-state index contributed by atoms with van der Waals surface area (Å²) in [5.74, 6) is 0.155. The van der Waals surface area contributed by atoms with Crippen LogP contribution in [0, 0.1) is 0 Å². The standard InChI is InChI=1S/C21H29N3O2/c1-18(25)24-15-6-11-20(24)21(26)23-14-7-13-22(16-17-23)12-5-10-19-8-3-2-4-9-19/h2-5,8-10,20H,6-7,11-17H2,1H3/b10-5+/t20-/m0/s1. The highest BCUT2D eigenvalue weighted by molar-refractivity contribution is 5.87. The second kappa shape index (κ2) is 8.99. The Balaban J connectivity index is 1.51. The van der Waals surface area contributed by atoms with Gasteiger partial charge in [0.25, 0.3) is 0 Å². The number of likely N-dealkylation sites (tertiary alicyclic amines) is 1. The van der Waals surface area contributed by atoms with Crippen molar-refractivity contribution in [1.82, 2.24) is 14.7 Å². The lowest BCUT2D eigenvalue weighted by Crippen LogP contribution is -2.48. The first kappa shape index (κ1) is 18.6. The number of rotatable bonds is 4. The molecule has 1 aromatic carbocycles. The van der Waals surface area contributed by atoms with Crippen molar-refractivity contribution < 1.29 is 9.59 Å². The largest absolute Gasteiger partial charge is 0.340 e. The van der Waals surface area contributed by atoms with Crippen LogP contribution in [0.25, 0.3) is 6.08 Å². The fourth-order valence-electron chi connectivity index (χ4n) is 3.89. The first-order chi connectivity index (χ1) is 12.6. The Hall–Kier alpha value is -2.14. The highest BCUT2D eigenvalue weighted by atomic mass is 16.2. The van der Waals surface area contributed by atoms with E-state index in [9.17, 15) is 9.59 Å². The number of carbonyl (C=O) groups excluding carboxylic acids is 2. The third-order valence-corrected chi connectivity index (χ3v) is 5.32. The van der Waals surface area contributed by atoms with Crippen LogP contribution in [0.5, 0.6) is 0 Å². The molecule has 1 aromatic rings. The van der Waals surface area contributed by atoms with Crippen LogP contribution in [-0.2, 0) is 9.59 Å². The minimum atomic E-state index is -0.239. The number of carbonyl (C=O) groups is 2. The zero-order chi connectivity index (χ0) is 18.4. The van der Waals surface area contributed by atoms with Crippen molar-refractivity contribution in [2.45, 2.75) is 32.2 Å². The first-order valence-electron chi connectivity index (χ1n) is 9.65. The highest BCUT2D eigenvalue weighted by Gasteiger charge is 2.35. The first-order valence-corrected chi connectivity index (χ1v) is 9.65. The van der Waals surface area contributed by atoms with Crippen LogP contribution in [-0.4, -0.2) is 71.8 Å². The fraction of sp³-hybridized carbons (Fsp3) is 0.524. The predicted molar refractivity (Wildman–Crippen MR) is 104 cm³/mol. The Morgan fingerprint density at radius 1 is 1.04 bits per heavy atom. The lowest BCUT2D eigenvalue weighted by atomic mass is 10.2. The highest BCUT2D eigenvalue weighted by Crippen LogP contribution is 2.20. The number of amides is 2. The van der Waals surface area contributed by atoms with Crippen LogP contribution < -0.4 is 0 Å². The molecule has 3 rings (SSSR count). The summed E-state index contributed by atoms with van der Waals surface area (Å²) in [6.07, 6.45) is 7.06. The Labute approximate surface area is 156 Å². The molecule has 5 heteroatoms. The van der Waals surface area contributed by atoms with Crippen molar-refractivity contribution in [3.8, 4) is 0 Å². The molecular weight excluding hydrogens is 326 g/mol. The summed E-state index contributed by atoms with van der Waals surface area (Å²) in [4.78, 5) is 30.7. The van der Waals surface area contributed by atoms with E-state index >= 15 is 0 Å². The van der Waals surface area contributed by atoms with Gasteiger partial charge in [0.15, 0.2) is 0 Å². The molecule has 26 heavy (non-hydrogen) atoms. The monoisotopic (exact) mass is 355 g/mol. The van der Waals surface area contributed by atoms with Crippen molar-refractivity contribution in [3.05, 3.63) is 42.0 Å². The summed E-state index contributed by atoms with van der Waals surface area (Å²) in [6, 6.07) is 10.1. The quantitative estimate of drug-likeness (QED) is 0.832. The molecule has 2 amide bonds. The van der Waals surface area contributed by atoms with Gasteiger partial charge < -0.3 is 9.80 Å². The number of hydrogen-bond donors (Lipinski definition) is 0. The SMILES string of the molecule is CC(=O)N1CCC[C@H]1C(=O)N1CCCN(C/C=C/c2ccccc2)CC1. The summed E-state index contributed by atoms with van der Waals surface area (Å²) in [5, 5.41) is 0. The van der Waals surface area contributed by atoms with E-state index in [1.54, 1.807) is 11.8 Å². The molecule has 0 spiro atoms. The number of hydrogen-bond acceptors (Lipinski definition) is 3. The van der Waals surface area contributed by atoms with Crippen molar-refractivity contribution in [1.29, 1.82) is 0 Å². The maximum atomic E-state index is 12.9. The van der Waals surface area contributed by atoms with Gasteiger partial charge >= 0.3 is 0 Å². The molecule has 140 valence electrons. The summed E-state index contributed by atoms with van der Waals surface area (Å²) in [6.45, 7) is 6.62. The van der Waals surface area contributed by atoms with Crippen LogP contribution in [0.1, 0.15) is 31.7 Å². The maximum absolute atomic E-state index is 12.9. The van der Waals surface area contributed by atoms with Gasteiger partial charge in [0.1, 0.15) is 6.04 Å². The summed E-state index contributed by atoms with van der Waals surface area (Å²) < 4.78 is 0. The summed E-state index contributed by atoms with van der Waals surface area (Å²) in [5.41, 5.74) is 1.21. The predicted octanol–water partition coefficient (Wildman–Crippen LogP) is 2.24. The topological polar surface area (TPSA) is 43.9 Å². The number of nitrogens with zero attached hydrogens (tertiary/aromatic N) is 3. The molecule has 0 aromatic heterocycles. The van der Waals surface area contributed by atoms with E-state index in [-0.39, 0.29) is 17.9 Å². The minimum absolute atomic E-state index is 0.0170. The van der Waals surface area contributed by atoms with Crippen LogP contribution in [0.2, 0.25) is 0 Å². The van der Waals surface area contributed by atoms with Gasteiger partial charge in [-0.1, -0.05) is 42.5 Å². The average Bonchev–Trinajstić information content (AvgIpc) is 3.03. The van der Waals surface area contributed by atoms with Gasteiger partial charge in [0.2, 0.25) is 11.8 Å². The molecular formula is C21H29N3O2. The zero-order valence-corrected chi connectivity index (χ0v) is 15.6. The summed E-state index contributed by atoms with van der Waals surface area (Å²) >= 11 is 0. The lowest BCUT2D eigenvalue weighted by molar-refractivity contribution is -0.142. The maximum Gasteiger partial charge on any atom is 0.245 e. The number of benzene rings is 1. The van der Waals surface area contributed by atoms with Gasteiger partial charge in [0, 0.05) is 46.2 Å². The van der Waals surface area contributed by atoms with Crippen LogP contribution >= 0.6 is 0 Å². The van der Waals surface area contributed by atoms with Crippen molar-refractivity contribution in [2.75, 3.05) is 39.3 Å². The lowest BCUT2D eigenvalue weighted by Gasteiger charge is -2.29. The average molecular weight is 355 g/mol. The minimum Gasteiger partial charge on any atom is -0.340 e. The van der Waals surface area contributed by atoms with E-state index in [4.69, 9.17) is 0 Å². The molecule has 2 heterocycles. The van der Waals surface area contributed by atoms with E-state index in [0.29, 0.717) is 0 Å². The second-order valence-corrected chi connectivity index (χ2v) is 7.16. The van der Waals surface area contributed by atoms with Gasteiger partial charge in [-0.05, 0) is 24.8 Å². The molecule has 5 nitrogen and oxygen atoms in total. The molecule has 2 saturated heterocycles. The second-order valence-electron chi connectivity index (χ2n) is 7.16. The third kappa shape index (κ3) is 4.73. The molecule has 0 unspecified atom stereocenters. The van der Waals surface area contributed by atoms with E-state index in [1.165, 1.54) is 5.56 Å². The molecule has 0 saturated carbocycles. The molecule has 2 fully saturated rings. The van der Waals surface area contributed by atoms with E-state index in [0.717, 1.165) is 58.5 Å². The van der Waals surface area contributed by atoms with E-state index < -0.39 is 0 Å². The van der Waals surface area contributed by atoms with Crippen molar-refractivity contribution in [2.24, 2.45) is 0 Å². The Bertz CT molecular complexity index is 644. The molecule has 1 atom stereocenters. The molecule has 2 aliphatic rings. The molecule has 0 N–H and O–H groups in total. The summed E-state index contributed by atoms with van der Waals surface area (Å²) in [7, 11) is 0. The van der Waals surface area contributed by atoms with Gasteiger partial charge in [-0.3, -0.25) is 14.5 Å². The normalized spacial score (nSPS) is 22.0. The van der Waals surface area contributed by atoms with Crippen LogP contribution in [0.3, 0.4) is 0 Å². The van der Waals surface area contributed by atoms with Crippen LogP contribution in [0.4, 0.5) is 0 Å². The Kier molecular flexibility index (Phi) is 6.45. The van der Waals surface area contributed by atoms with Gasteiger partial charge in [-0.25, -0.2) is 0 Å². The van der Waals surface area contributed by atoms with E-state index in [1.807, 2.05) is 23.1 Å². The fourth-order valence-corrected chi connectivity index (χ4v) is 3.89. The Morgan fingerprint density at radius 3 is 2.62 bits per heavy atom.